The van der Waals surface area contributed by atoms with Gasteiger partial charge < -0.3 is 15.5 Å². The van der Waals surface area contributed by atoms with Gasteiger partial charge in [0.25, 0.3) is 0 Å². The molecular weight excluding hydrogens is 314 g/mol. The summed E-state index contributed by atoms with van der Waals surface area (Å²) in [7, 11) is 0. The Hall–Kier alpha value is -2.47. The van der Waals surface area contributed by atoms with E-state index < -0.39 is 0 Å². The molecule has 1 amide bonds. The van der Waals surface area contributed by atoms with Crippen LogP contribution in [0.4, 0.5) is 11.5 Å². The molecule has 6 heteroatoms. The molecule has 2 saturated heterocycles. The molecule has 6 nitrogen and oxygen atoms in total. The van der Waals surface area contributed by atoms with Gasteiger partial charge in [-0.05, 0) is 49.1 Å². The summed E-state index contributed by atoms with van der Waals surface area (Å²) in [5, 5.41) is 6.55. The third-order valence-electron chi connectivity index (χ3n) is 5.02. The number of amides is 1. The fraction of sp³-hybridized carbons (Fsp3) is 0.421. The van der Waals surface area contributed by atoms with E-state index >= 15 is 0 Å². The average Bonchev–Trinajstić information content (AvgIpc) is 2.95. The van der Waals surface area contributed by atoms with E-state index in [4.69, 9.17) is 0 Å². The maximum absolute atomic E-state index is 12.1. The fourth-order valence-corrected chi connectivity index (χ4v) is 3.70. The second-order valence-electron chi connectivity index (χ2n) is 6.85. The van der Waals surface area contributed by atoms with Gasteiger partial charge in [0.15, 0.2) is 0 Å². The third kappa shape index (κ3) is 3.96. The molecule has 2 aliphatic rings. The van der Waals surface area contributed by atoms with Crippen LogP contribution in [0.1, 0.15) is 24.8 Å². The molecule has 2 unspecified atom stereocenters. The minimum Gasteiger partial charge on any atom is -0.369 e. The fourth-order valence-electron chi connectivity index (χ4n) is 3.70. The van der Waals surface area contributed by atoms with Crippen molar-refractivity contribution in [2.75, 3.05) is 23.3 Å². The minimum atomic E-state index is -0.0669. The summed E-state index contributed by atoms with van der Waals surface area (Å²) in [5.41, 5.74) is 2.07. The Morgan fingerprint density at radius 2 is 2.00 bits per heavy atom. The van der Waals surface area contributed by atoms with Crippen molar-refractivity contribution >= 4 is 17.4 Å². The molecule has 2 aromatic rings. The maximum Gasteiger partial charge on any atom is 0.229 e. The van der Waals surface area contributed by atoms with Gasteiger partial charge in [0.2, 0.25) is 5.91 Å². The molecule has 130 valence electrons. The van der Waals surface area contributed by atoms with Crippen molar-refractivity contribution in [3.63, 3.8) is 0 Å². The second-order valence-corrected chi connectivity index (χ2v) is 6.85. The molecule has 2 bridgehead atoms. The maximum atomic E-state index is 12.1. The van der Waals surface area contributed by atoms with Gasteiger partial charge in [0, 0.05) is 37.6 Å². The van der Waals surface area contributed by atoms with Crippen LogP contribution in [0.2, 0.25) is 0 Å². The number of pyridine rings is 2. The molecule has 2 aromatic heterocycles. The number of nitrogens with one attached hydrogen (secondary N) is 2. The zero-order chi connectivity index (χ0) is 17.1. The molecule has 0 spiro atoms. The molecule has 25 heavy (non-hydrogen) atoms. The first kappa shape index (κ1) is 16.0. The van der Waals surface area contributed by atoms with Crippen molar-refractivity contribution in [3.05, 3.63) is 48.4 Å². The minimum absolute atomic E-state index is 0.0669. The zero-order valence-electron chi connectivity index (χ0n) is 14.2. The van der Waals surface area contributed by atoms with Crippen molar-refractivity contribution in [3.8, 4) is 0 Å². The summed E-state index contributed by atoms with van der Waals surface area (Å²) >= 11 is 0. The highest BCUT2D eigenvalue weighted by atomic mass is 16.1. The van der Waals surface area contributed by atoms with Crippen molar-refractivity contribution in [2.45, 2.75) is 37.8 Å². The molecule has 0 radical (unpaired) electrons. The molecule has 4 rings (SSSR count). The van der Waals surface area contributed by atoms with E-state index in [1.54, 1.807) is 12.4 Å². The summed E-state index contributed by atoms with van der Waals surface area (Å²) in [6.45, 7) is 2.09. The highest BCUT2D eigenvalue weighted by molar-refractivity contribution is 5.91. The van der Waals surface area contributed by atoms with Crippen molar-refractivity contribution in [1.82, 2.24) is 15.3 Å². The Morgan fingerprint density at radius 3 is 2.80 bits per heavy atom. The van der Waals surface area contributed by atoms with Crippen molar-refractivity contribution < 1.29 is 4.79 Å². The smallest absolute Gasteiger partial charge is 0.229 e. The predicted molar refractivity (Wildman–Crippen MR) is 97.6 cm³/mol. The Kier molecular flexibility index (Phi) is 4.61. The van der Waals surface area contributed by atoms with E-state index in [0.717, 1.165) is 24.3 Å². The van der Waals surface area contributed by atoms with Gasteiger partial charge in [-0.15, -0.1) is 0 Å². The average molecular weight is 337 g/mol. The first-order valence-corrected chi connectivity index (χ1v) is 8.92. The van der Waals surface area contributed by atoms with Crippen LogP contribution >= 0.6 is 0 Å². The lowest BCUT2D eigenvalue weighted by atomic mass is 10.1. The molecule has 4 heterocycles. The highest BCUT2D eigenvalue weighted by Crippen LogP contribution is 2.24. The summed E-state index contributed by atoms with van der Waals surface area (Å²) in [4.78, 5) is 22.9. The predicted octanol–water partition coefficient (Wildman–Crippen LogP) is 1.99. The number of hydrogen-bond acceptors (Lipinski definition) is 5. The molecule has 2 N–H and O–H groups in total. The molecule has 2 fully saturated rings. The molecule has 2 atom stereocenters. The Balaban J connectivity index is 1.36. The number of anilines is 2. The van der Waals surface area contributed by atoms with E-state index in [0.29, 0.717) is 24.3 Å². The third-order valence-corrected chi connectivity index (χ3v) is 5.02. The number of rotatable bonds is 4. The van der Waals surface area contributed by atoms with Gasteiger partial charge in [-0.2, -0.15) is 0 Å². The van der Waals surface area contributed by atoms with Crippen LogP contribution in [0.25, 0.3) is 0 Å². The number of aromatic nitrogens is 2. The van der Waals surface area contributed by atoms with Gasteiger partial charge in [-0.25, -0.2) is 4.98 Å². The van der Waals surface area contributed by atoms with E-state index in [-0.39, 0.29) is 5.91 Å². The van der Waals surface area contributed by atoms with Gasteiger partial charge in [-0.3, -0.25) is 9.78 Å². The first-order valence-electron chi connectivity index (χ1n) is 8.92. The first-order chi connectivity index (χ1) is 12.3. The number of hydrogen-bond donors (Lipinski definition) is 2. The molecule has 0 saturated carbocycles. The number of fused-ring (bicyclic) bond motifs is 2. The largest absolute Gasteiger partial charge is 0.369 e. The monoisotopic (exact) mass is 337 g/mol. The van der Waals surface area contributed by atoms with Crippen LogP contribution < -0.4 is 15.5 Å². The summed E-state index contributed by atoms with van der Waals surface area (Å²) in [6.07, 6.45) is 9.32. The van der Waals surface area contributed by atoms with Crippen LogP contribution in [-0.4, -0.2) is 41.0 Å². The van der Waals surface area contributed by atoms with Gasteiger partial charge in [0.1, 0.15) is 5.82 Å². The van der Waals surface area contributed by atoms with Crippen molar-refractivity contribution in [2.24, 2.45) is 0 Å². The van der Waals surface area contributed by atoms with Crippen molar-refractivity contribution in [1.29, 1.82) is 0 Å². The number of nitrogens with zero attached hydrogens (tertiary/aromatic N) is 3. The Labute approximate surface area is 147 Å². The van der Waals surface area contributed by atoms with E-state index in [2.05, 4.69) is 25.5 Å². The molecule has 0 aromatic carbocycles. The lowest BCUT2D eigenvalue weighted by Crippen LogP contribution is -2.35. The Bertz CT molecular complexity index is 718. The number of carbonyl (C=O) groups is 1. The van der Waals surface area contributed by atoms with E-state index in [1.807, 2.05) is 30.5 Å². The second kappa shape index (κ2) is 7.19. The topological polar surface area (TPSA) is 70.2 Å². The van der Waals surface area contributed by atoms with Crippen LogP contribution in [0.5, 0.6) is 0 Å². The highest BCUT2D eigenvalue weighted by Gasteiger charge is 2.29. The summed E-state index contributed by atoms with van der Waals surface area (Å²) in [6, 6.07) is 8.89. The molecule has 2 aliphatic heterocycles. The summed E-state index contributed by atoms with van der Waals surface area (Å²) in [5.74, 6) is 0.528. The molecule has 0 aliphatic carbocycles. The van der Waals surface area contributed by atoms with Crippen LogP contribution in [0.3, 0.4) is 0 Å². The standard InChI is InChI=1S/C19H23N5O/c25-19(11-14-5-8-20-9-6-14)23-18-4-3-17(12-21-18)24-10-7-15-1-2-16(13-24)22-15/h3-6,8-9,12,15-16,22H,1-2,7,10-11,13H2,(H,21,23,25). The Morgan fingerprint density at radius 1 is 1.16 bits per heavy atom. The lowest BCUT2D eigenvalue weighted by molar-refractivity contribution is -0.115. The number of carbonyl (C=O) groups excluding carboxylic acids is 1. The lowest BCUT2D eigenvalue weighted by Gasteiger charge is -2.26. The SMILES string of the molecule is O=C(Cc1ccncc1)Nc1ccc(N2CCC3CCC(C2)N3)cn1. The van der Waals surface area contributed by atoms with Crippen LogP contribution in [-0.2, 0) is 11.2 Å². The van der Waals surface area contributed by atoms with Gasteiger partial charge in [0.05, 0.1) is 18.3 Å². The quantitative estimate of drug-likeness (QED) is 0.893. The zero-order valence-corrected chi connectivity index (χ0v) is 14.2. The van der Waals surface area contributed by atoms with Crippen LogP contribution in [0.15, 0.2) is 42.9 Å². The summed E-state index contributed by atoms with van der Waals surface area (Å²) < 4.78 is 0. The molecular formula is C19H23N5O. The van der Waals surface area contributed by atoms with Gasteiger partial charge in [-0.1, -0.05) is 0 Å². The van der Waals surface area contributed by atoms with E-state index in [9.17, 15) is 4.79 Å². The van der Waals surface area contributed by atoms with Gasteiger partial charge >= 0.3 is 0 Å². The van der Waals surface area contributed by atoms with Crippen LogP contribution in [0, 0.1) is 0 Å². The normalized spacial score (nSPS) is 22.5. The van der Waals surface area contributed by atoms with E-state index in [1.165, 1.54) is 19.3 Å².